The van der Waals surface area contributed by atoms with E-state index in [0.717, 1.165) is 0 Å². The summed E-state index contributed by atoms with van der Waals surface area (Å²) in [5.74, 6) is -2.73. The van der Waals surface area contributed by atoms with E-state index >= 15 is 0 Å². The number of nitrogens with zero attached hydrogens (tertiary/aromatic N) is 1. The van der Waals surface area contributed by atoms with Crippen LogP contribution in [-0.2, 0) is 12.1 Å². The van der Waals surface area contributed by atoms with Crippen LogP contribution in [0.4, 0.5) is 8.78 Å². The number of halogens is 2. The van der Waals surface area contributed by atoms with Crippen molar-refractivity contribution in [3.63, 3.8) is 0 Å². The highest BCUT2D eigenvalue weighted by Gasteiger charge is 2.69. The molecule has 1 atom stereocenters. The molecule has 0 heterocycles. The van der Waals surface area contributed by atoms with Gasteiger partial charge in [-0.3, -0.25) is 0 Å². The second kappa shape index (κ2) is 3.65. The molecule has 3 nitrogen and oxygen atoms in total. The van der Waals surface area contributed by atoms with E-state index in [1.807, 2.05) is 19.0 Å². The van der Waals surface area contributed by atoms with Gasteiger partial charge in [0.2, 0.25) is 0 Å². The van der Waals surface area contributed by atoms with Crippen molar-refractivity contribution in [1.29, 1.82) is 0 Å². The molecule has 0 saturated heterocycles. The molecule has 17 heavy (non-hydrogen) atoms. The lowest BCUT2D eigenvalue weighted by molar-refractivity contribution is 0.0891. The molecule has 2 rings (SSSR count). The fourth-order valence-electron chi connectivity index (χ4n) is 1.95. The normalized spacial score (nSPS) is 26.2. The SMILES string of the molecule is CN(C)Cc1cc(C2(N)CC2(F)F)ccc1O. The maximum absolute atomic E-state index is 13.2. The van der Waals surface area contributed by atoms with Gasteiger partial charge in [0.1, 0.15) is 11.3 Å². The highest BCUT2D eigenvalue weighted by Crippen LogP contribution is 2.57. The fourth-order valence-corrected chi connectivity index (χ4v) is 1.95. The van der Waals surface area contributed by atoms with Crippen LogP contribution in [-0.4, -0.2) is 30.0 Å². The number of benzene rings is 1. The van der Waals surface area contributed by atoms with Crippen molar-refractivity contribution >= 4 is 0 Å². The molecule has 1 unspecified atom stereocenters. The largest absolute Gasteiger partial charge is 0.508 e. The molecular formula is C12H16F2N2O. The van der Waals surface area contributed by atoms with Gasteiger partial charge < -0.3 is 15.7 Å². The second-order valence-electron chi connectivity index (χ2n) is 4.93. The van der Waals surface area contributed by atoms with Crippen LogP contribution in [0.2, 0.25) is 0 Å². The zero-order valence-electron chi connectivity index (χ0n) is 9.87. The molecule has 94 valence electrons. The number of phenols is 1. The number of aromatic hydroxyl groups is 1. The lowest BCUT2D eigenvalue weighted by Crippen LogP contribution is -2.27. The number of alkyl halides is 2. The van der Waals surface area contributed by atoms with Crippen LogP contribution >= 0.6 is 0 Å². The predicted octanol–water partition coefficient (Wildman–Crippen LogP) is 1.65. The van der Waals surface area contributed by atoms with Crippen molar-refractivity contribution in [2.24, 2.45) is 5.73 Å². The average molecular weight is 242 g/mol. The van der Waals surface area contributed by atoms with Crippen LogP contribution < -0.4 is 5.73 Å². The Labute approximate surface area is 98.8 Å². The molecular weight excluding hydrogens is 226 g/mol. The molecule has 3 N–H and O–H groups in total. The van der Waals surface area contributed by atoms with Crippen LogP contribution in [0.15, 0.2) is 18.2 Å². The van der Waals surface area contributed by atoms with Gasteiger partial charge in [0.15, 0.2) is 0 Å². The van der Waals surface area contributed by atoms with Crippen LogP contribution in [0, 0.1) is 0 Å². The summed E-state index contributed by atoms with van der Waals surface area (Å²) in [6, 6.07) is 4.46. The zero-order valence-corrected chi connectivity index (χ0v) is 9.87. The first kappa shape index (κ1) is 12.3. The van der Waals surface area contributed by atoms with Gasteiger partial charge >= 0.3 is 0 Å². The molecule has 0 spiro atoms. The topological polar surface area (TPSA) is 49.5 Å². The van der Waals surface area contributed by atoms with E-state index in [2.05, 4.69) is 0 Å². The standard InChI is InChI=1S/C12H16F2N2O/c1-16(2)6-8-5-9(3-4-10(8)17)11(15)7-12(11,13)14/h3-5,17H,6-7,15H2,1-2H3. The molecule has 0 radical (unpaired) electrons. The van der Waals surface area contributed by atoms with Crippen LogP contribution in [0.25, 0.3) is 0 Å². The lowest BCUT2D eigenvalue weighted by atomic mass is 10.0. The number of rotatable bonds is 3. The van der Waals surface area contributed by atoms with Crippen molar-refractivity contribution < 1.29 is 13.9 Å². The van der Waals surface area contributed by atoms with Gasteiger partial charge in [0.25, 0.3) is 5.92 Å². The van der Waals surface area contributed by atoms with Gasteiger partial charge in [-0.25, -0.2) is 8.78 Å². The maximum Gasteiger partial charge on any atom is 0.272 e. The van der Waals surface area contributed by atoms with Crippen molar-refractivity contribution in [2.45, 2.75) is 24.4 Å². The number of phenolic OH excluding ortho intramolecular Hbond substituents is 1. The monoisotopic (exact) mass is 242 g/mol. The van der Waals surface area contributed by atoms with Gasteiger partial charge in [-0.05, 0) is 31.8 Å². The molecule has 1 aromatic rings. The molecule has 0 aliphatic heterocycles. The molecule has 5 heteroatoms. The van der Waals surface area contributed by atoms with Gasteiger partial charge in [0, 0.05) is 18.5 Å². The Kier molecular flexibility index (Phi) is 2.63. The van der Waals surface area contributed by atoms with E-state index in [1.54, 1.807) is 6.07 Å². The summed E-state index contributed by atoms with van der Waals surface area (Å²) in [7, 11) is 3.69. The molecule has 1 aliphatic rings. The summed E-state index contributed by atoms with van der Waals surface area (Å²) >= 11 is 0. The summed E-state index contributed by atoms with van der Waals surface area (Å²) in [6.45, 7) is 0.487. The van der Waals surface area contributed by atoms with E-state index in [0.29, 0.717) is 17.7 Å². The summed E-state index contributed by atoms with van der Waals surface area (Å²) in [5.41, 5.74) is 5.09. The molecule has 1 aliphatic carbocycles. The predicted molar refractivity (Wildman–Crippen MR) is 60.9 cm³/mol. The molecule has 0 amide bonds. The fraction of sp³-hybridized carbons (Fsp3) is 0.500. The van der Waals surface area contributed by atoms with E-state index in [1.165, 1.54) is 12.1 Å². The van der Waals surface area contributed by atoms with E-state index < -0.39 is 11.5 Å². The van der Waals surface area contributed by atoms with Crippen LogP contribution in [0.5, 0.6) is 5.75 Å². The highest BCUT2D eigenvalue weighted by atomic mass is 19.3. The molecule has 1 saturated carbocycles. The Balaban J connectivity index is 2.32. The molecule has 0 bridgehead atoms. The third-order valence-corrected chi connectivity index (χ3v) is 3.11. The Hall–Kier alpha value is -1.20. The minimum Gasteiger partial charge on any atom is -0.508 e. The van der Waals surface area contributed by atoms with Gasteiger partial charge in [-0.15, -0.1) is 0 Å². The smallest absolute Gasteiger partial charge is 0.272 e. The summed E-state index contributed by atoms with van der Waals surface area (Å²) in [6.07, 6.45) is -0.327. The minimum absolute atomic E-state index is 0.106. The van der Waals surface area contributed by atoms with Gasteiger partial charge in [-0.2, -0.15) is 0 Å². The number of nitrogens with two attached hydrogens (primary N) is 1. The zero-order chi connectivity index (χ0) is 12.8. The maximum atomic E-state index is 13.2. The Morgan fingerprint density at radius 3 is 2.47 bits per heavy atom. The third kappa shape index (κ3) is 2.00. The number of hydrogen-bond donors (Lipinski definition) is 2. The quantitative estimate of drug-likeness (QED) is 0.847. The van der Waals surface area contributed by atoms with Crippen molar-refractivity contribution in [2.75, 3.05) is 14.1 Å². The third-order valence-electron chi connectivity index (χ3n) is 3.11. The first-order chi connectivity index (χ1) is 7.76. The minimum atomic E-state index is -2.83. The highest BCUT2D eigenvalue weighted by molar-refractivity contribution is 5.43. The van der Waals surface area contributed by atoms with Gasteiger partial charge in [-0.1, -0.05) is 6.07 Å². The summed E-state index contributed by atoms with van der Waals surface area (Å²) in [4.78, 5) is 1.85. The molecule has 1 aromatic carbocycles. The van der Waals surface area contributed by atoms with Crippen LogP contribution in [0.1, 0.15) is 17.5 Å². The Morgan fingerprint density at radius 2 is 2.00 bits per heavy atom. The first-order valence-corrected chi connectivity index (χ1v) is 5.40. The van der Waals surface area contributed by atoms with Crippen molar-refractivity contribution in [3.8, 4) is 5.75 Å². The van der Waals surface area contributed by atoms with Crippen molar-refractivity contribution in [3.05, 3.63) is 29.3 Å². The summed E-state index contributed by atoms with van der Waals surface area (Å²) < 4.78 is 26.3. The van der Waals surface area contributed by atoms with Crippen molar-refractivity contribution in [1.82, 2.24) is 4.90 Å². The average Bonchev–Trinajstić information content (AvgIpc) is 2.70. The van der Waals surface area contributed by atoms with Crippen LogP contribution in [0.3, 0.4) is 0 Å². The van der Waals surface area contributed by atoms with E-state index in [-0.39, 0.29) is 12.2 Å². The Bertz CT molecular complexity index is 448. The van der Waals surface area contributed by atoms with E-state index in [4.69, 9.17) is 5.73 Å². The van der Waals surface area contributed by atoms with E-state index in [9.17, 15) is 13.9 Å². The van der Waals surface area contributed by atoms with Gasteiger partial charge in [0.05, 0.1) is 0 Å². The molecule has 0 aromatic heterocycles. The molecule has 1 fully saturated rings. The number of hydrogen-bond acceptors (Lipinski definition) is 3. The summed E-state index contributed by atoms with van der Waals surface area (Å²) in [5, 5.41) is 9.65. The first-order valence-electron chi connectivity index (χ1n) is 5.40. The Morgan fingerprint density at radius 1 is 1.41 bits per heavy atom. The lowest BCUT2D eigenvalue weighted by Gasteiger charge is -2.16. The second-order valence-corrected chi connectivity index (χ2v) is 4.93.